The average Bonchev–Trinajstić information content (AvgIpc) is 2.28. The SMILES string of the molecule is C[C@H](O)C(=O)c1ccc2cccc(O)c2n1. The first-order chi connectivity index (χ1) is 7.59. The molecule has 0 aliphatic carbocycles. The van der Waals surface area contributed by atoms with Gasteiger partial charge in [-0.2, -0.15) is 0 Å². The second kappa shape index (κ2) is 3.90. The molecule has 0 radical (unpaired) electrons. The van der Waals surface area contributed by atoms with Gasteiger partial charge in [0.15, 0.2) is 0 Å². The maximum Gasteiger partial charge on any atom is 0.209 e. The van der Waals surface area contributed by atoms with E-state index in [9.17, 15) is 9.90 Å². The molecular weight excluding hydrogens is 206 g/mol. The highest BCUT2D eigenvalue weighted by molar-refractivity contribution is 5.99. The minimum absolute atomic E-state index is 0.0257. The molecular formula is C12H11NO3. The van der Waals surface area contributed by atoms with Gasteiger partial charge in [-0.25, -0.2) is 4.98 Å². The molecule has 0 saturated heterocycles. The second-order valence-corrected chi connectivity index (χ2v) is 3.59. The van der Waals surface area contributed by atoms with Gasteiger partial charge in [0.25, 0.3) is 0 Å². The molecule has 0 fully saturated rings. The van der Waals surface area contributed by atoms with E-state index in [1.54, 1.807) is 18.2 Å². The molecule has 4 heteroatoms. The van der Waals surface area contributed by atoms with E-state index < -0.39 is 11.9 Å². The summed E-state index contributed by atoms with van der Waals surface area (Å²) in [7, 11) is 0. The largest absolute Gasteiger partial charge is 0.506 e. The van der Waals surface area contributed by atoms with Crippen LogP contribution >= 0.6 is 0 Å². The molecule has 2 rings (SSSR count). The molecule has 16 heavy (non-hydrogen) atoms. The average molecular weight is 217 g/mol. The van der Waals surface area contributed by atoms with Gasteiger partial charge in [-0.1, -0.05) is 18.2 Å². The molecule has 4 nitrogen and oxygen atoms in total. The van der Waals surface area contributed by atoms with Crippen LogP contribution in [0.4, 0.5) is 0 Å². The molecule has 0 bridgehead atoms. The number of hydrogen-bond acceptors (Lipinski definition) is 4. The molecule has 82 valence electrons. The molecule has 2 aromatic rings. The lowest BCUT2D eigenvalue weighted by atomic mass is 10.1. The normalized spacial score (nSPS) is 12.6. The molecule has 1 heterocycles. The van der Waals surface area contributed by atoms with Crippen LogP contribution in [-0.2, 0) is 0 Å². The number of carbonyl (C=O) groups is 1. The number of ketones is 1. The lowest BCUT2D eigenvalue weighted by Crippen LogP contribution is -2.17. The van der Waals surface area contributed by atoms with Crippen molar-refractivity contribution in [2.45, 2.75) is 13.0 Å². The Morgan fingerprint density at radius 3 is 2.75 bits per heavy atom. The second-order valence-electron chi connectivity index (χ2n) is 3.59. The van der Waals surface area contributed by atoms with Crippen LogP contribution < -0.4 is 0 Å². The minimum atomic E-state index is -1.09. The number of benzene rings is 1. The zero-order valence-corrected chi connectivity index (χ0v) is 8.71. The molecule has 1 aromatic carbocycles. The van der Waals surface area contributed by atoms with Crippen molar-refractivity contribution < 1.29 is 15.0 Å². The number of aliphatic hydroxyl groups excluding tert-OH is 1. The van der Waals surface area contributed by atoms with Crippen LogP contribution in [0.25, 0.3) is 10.9 Å². The number of rotatable bonds is 2. The molecule has 1 aromatic heterocycles. The lowest BCUT2D eigenvalue weighted by molar-refractivity contribution is 0.0774. The number of pyridine rings is 1. The van der Waals surface area contributed by atoms with Crippen LogP contribution in [0.2, 0.25) is 0 Å². The first-order valence-electron chi connectivity index (χ1n) is 4.90. The smallest absolute Gasteiger partial charge is 0.209 e. The van der Waals surface area contributed by atoms with Crippen LogP contribution in [0.15, 0.2) is 30.3 Å². The van der Waals surface area contributed by atoms with Gasteiger partial charge in [0.2, 0.25) is 5.78 Å². The number of aromatic nitrogens is 1. The number of carbonyl (C=O) groups excluding carboxylic acids is 1. The summed E-state index contributed by atoms with van der Waals surface area (Å²) in [6.45, 7) is 1.39. The van der Waals surface area contributed by atoms with E-state index in [0.29, 0.717) is 5.52 Å². The predicted octanol–water partition coefficient (Wildman–Crippen LogP) is 1.50. The number of aliphatic hydroxyl groups is 1. The van der Waals surface area contributed by atoms with Crippen molar-refractivity contribution in [2.24, 2.45) is 0 Å². The van der Waals surface area contributed by atoms with Gasteiger partial charge in [-0.3, -0.25) is 4.79 Å². The molecule has 0 saturated carbocycles. The van der Waals surface area contributed by atoms with E-state index in [1.165, 1.54) is 19.1 Å². The van der Waals surface area contributed by atoms with Crippen LogP contribution in [0, 0.1) is 0 Å². The fourth-order valence-corrected chi connectivity index (χ4v) is 1.48. The lowest BCUT2D eigenvalue weighted by Gasteiger charge is -2.05. The fourth-order valence-electron chi connectivity index (χ4n) is 1.48. The van der Waals surface area contributed by atoms with Crippen LogP contribution in [-0.4, -0.2) is 27.1 Å². The van der Waals surface area contributed by atoms with E-state index in [-0.39, 0.29) is 11.4 Å². The van der Waals surface area contributed by atoms with E-state index >= 15 is 0 Å². The topological polar surface area (TPSA) is 70.4 Å². The zero-order valence-electron chi connectivity index (χ0n) is 8.71. The molecule has 1 atom stereocenters. The number of Topliss-reactive ketones (excluding diaryl/α,β-unsaturated/α-hetero) is 1. The number of phenolic OH excluding ortho intramolecular Hbond substituents is 1. The molecule has 2 N–H and O–H groups in total. The Kier molecular flexibility index (Phi) is 2.58. The van der Waals surface area contributed by atoms with Gasteiger partial charge in [0.1, 0.15) is 23.1 Å². The zero-order chi connectivity index (χ0) is 11.7. The van der Waals surface area contributed by atoms with Crippen molar-refractivity contribution in [3.05, 3.63) is 36.0 Å². The van der Waals surface area contributed by atoms with Crippen molar-refractivity contribution in [1.29, 1.82) is 0 Å². The third-order valence-corrected chi connectivity index (χ3v) is 2.33. The van der Waals surface area contributed by atoms with Crippen LogP contribution in [0.1, 0.15) is 17.4 Å². The van der Waals surface area contributed by atoms with E-state index in [2.05, 4.69) is 4.98 Å². The monoisotopic (exact) mass is 217 g/mol. The Morgan fingerprint density at radius 2 is 2.06 bits per heavy atom. The van der Waals surface area contributed by atoms with Crippen molar-refractivity contribution in [1.82, 2.24) is 4.98 Å². The Bertz CT molecular complexity index is 549. The number of fused-ring (bicyclic) bond motifs is 1. The minimum Gasteiger partial charge on any atom is -0.506 e. The van der Waals surface area contributed by atoms with Gasteiger partial charge < -0.3 is 10.2 Å². The third-order valence-electron chi connectivity index (χ3n) is 2.33. The number of phenols is 1. The number of nitrogens with zero attached hydrogens (tertiary/aromatic N) is 1. The van der Waals surface area contributed by atoms with Crippen molar-refractivity contribution in [3.63, 3.8) is 0 Å². The van der Waals surface area contributed by atoms with Crippen molar-refractivity contribution in [2.75, 3.05) is 0 Å². The summed E-state index contributed by atoms with van der Waals surface area (Å²) in [6, 6.07) is 8.23. The van der Waals surface area contributed by atoms with E-state index in [1.807, 2.05) is 0 Å². The van der Waals surface area contributed by atoms with E-state index in [0.717, 1.165) is 5.39 Å². The van der Waals surface area contributed by atoms with Crippen LogP contribution in [0.5, 0.6) is 5.75 Å². The first-order valence-corrected chi connectivity index (χ1v) is 4.90. The van der Waals surface area contributed by atoms with Crippen LogP contribution in [0.3, 0.4) is 0 Å². The number of para-hydroxylation sites is 1. The summed E-state index contributed by atoms with van der Waals surface area (Å²) in [4.78, 5) is 15.5. The summed E-state index contributed by atoms with van der Waals surface area (Å²) in [5.74, 6) is -0.428. The summed E-state index contributed by atoms with van der Waals surface area (Å²) >= 11 is 0. The predicted molar refractivity (Wildman–Crippen MR) is 59.4 cm³/mol. The van der Waals surface area contributed by atoms with Gasteiger partial charge in [-0.05, 0) is 19.1 Å². The highest BCUT2D eigenvalue weighted by atomic mass is 16.3. The Balaban J connectivity index is 2.59. The summed E-state index contributed by atoms with van der Waals surface area (Å²) < 4.78 is 0. The first kappa shape index (κ1) is 10.6. The van der Waals surface area contributed by atoms with Crippen molar-refractivity contribution in [3.8, 4) is 5.75 Å². The molecule has 0 unspecified atom stereocenters. The fraction of sp³-hybridized carbons (Fsp3) is 0.167. The highest BCUT2D eigenvalue weighted by Gasteiger charge is 2.14. The number of hydrogen-bond donors (Lipinski definition) is 2. The third kappa shape index (κ3) is 1.75. The van der Waals surface area contributed by atoms with E-state index in [4.69, 9.17) is 5.11 Å². The molecule has 0 amide bonds. The maximum atomic E-state index is 11.5. The number of aromatic hydroxyl groups is 1. The Labute approximate surface area is 92.2 Å². The van der Waals surface area contributed by atoms with Gasteiger partial charge in [-0.15, -0.1) is 0 Å². The van der Waals surface area contributed by atoms with Gasteiger partial charge >= 0.3 is 0 Å². The van der Waals surface area contributed by atoms with Gasteiger partial charge in [0.05, 0.1) is 0 Å². The highest BCUT2D eigenvalue weighted by Crippen LogP contribution is 2.22. The molecule has 0 aliphatic heterocycles. The quantitative estimate of drug-likeness (QED) is 0.748. The Hall–Kier alpha value is -1.94. The van der Waals surface area contributed by atoms with Gasteiger partial charge in [0, 0.05) is 5.39 Å². The maximum absolute atomic E-state index is 11.5. The Morgan fingerprint density at radius 1 is 1.31 bits per heavy atom. The molecule has 0 aliphatic rings. The standard InChI is InChI=1S/C12H11NO3/c1-7(14)12(16)9-6-5-8-3-2-4-10(15)11(8)13-9/h2-7,14-15H,1H3/t7-/m0/s1. The molecule has 0 spiro atoms. The summed E-state index contributed by atoms with van der Waals surface area (Å²) in [5.41, 5.74) is 0.526. The summed E-state index contributed by atoms with van der Waals surface area (Å²) in [6.07, 6.45) is -1.09. The van der Waals surface area contributed by atoms with Crippen molar-refractivity contribution >= 4 is 16.7 Å². The summed E-state index contributed by atoms with van der Waals surface area (Å²) in [5, 5.41) is 19.5.